The molecule has 3 nitrogen and oxygen atoms in total. The van der Waals surface area contributed by atoms with Crippen LogP contribution >= 0.6 is 0 Å². The Hall–Kier alpha value is -1.42. The van der Waals surface area contributed by atoms with Crippen LogP contribution in [0.5, 0.6) is 0 Å². The van der Waals surface area contributed by atoms with Crippen molar-refractivity contribution in [1.82, 2.24) is 9.97 Å². The molecule has 0 atom stereocenters. The van der Waals surface area contributed by atoms with Crippen molar-refractivity contribution in [1.29, 1.82) is 0 Å². The fraction of sp³-hybridized carbons (Fsp3) is 0.300. The number of benzene rings is 1. The summed E-state index contributed by atoms with van der Waals surface area (Å²) in [6, 6.07) is 7.94. The van der Waals surface area contributed by atoms with Gasteiger partial charge in [0.1, 0.15) is 5.82 Å². The molecule has 76 valence electrons. The number of aromatic amines is 1. The summed E-state index contributed by atoms with van der Waals surface area (Å²) in [6.07, 6.45) is 1.57. The van der Waals surface area contributed by atoms with Gasteiger partial charge in [0.05, 0.1) is 11.0 Å². The molecule has 2 rings (SSSR count). The van der Waals surface area contributed by atoms with Crippen molar-refractivity contribution in [3.05, 3.63) is 30.1 Å². The number of rotatable bonds is 3. The van der Waals surface area contributed by atoms with Crippen LogP contribution in [0.25, 0.3) is 11.0 Å². The maximum Gasteiger partial charge on any atom is 0.107 e. The van der Waals surface area contributed by atoms with E-state index in [0.717, 1.165) is 29.7 Å². The zero-order chi connectivity index (χ0) is 9.10. The predicted molar refractivity (Wildman–Crippen MR) is 54.0 cm³/mol. The summed E-state index contributed by atoms with van der Waals surface area (Å²) in [4.78, 5) is 7.59. The molecular weight excluding hydrogens is 183 g/mol. The summed E-state index contributed by atoms with van der Waals surface area (Å²) in [7, 11) is 0. The maximum atomic E-state index is 8.66. The number of hydrogen-bond donors (Lipinski definition) is 2. The molecular formula is C10H13FN2O. The molecule has 0 saturated heterocycles. The summed E-state index contributed by atoms with van der Waals surface area (Å²) < 4.78 is 0. The number of fused-ring (bicyclic) bond motifs is 1. The molecule has 0 aliphatic carbocycles. The van der Waals surface area contributed by atoms with Crippen molar-refractivity contribution in [3.8, 4) is 0 Å². The van der Waals surface area contributed by atoms with Crippen molar-refractivity contribution >= 4 is 11.0 Å². The van der Waals surface area contributed by atoms with Gasteiger partial charge in [0, 0.05) is 13.0 Å². The second-order valence-corrected chi connectivity index (χ2v) is 3.03. The van der Waals surface area contributed by atoms with Crippen molar-refractivity contribution in [2.24, 2.45) is 0 Å². The molecule has 14 heavy (non-hydrogen) atoms. The highest BCUT2D eigenvalue weighted by atomic mass is 19.0. The number of aryl methyl sites for hydroxylation is 1. The van der Waals surface area contributed by atoms with Gasteiger partial charge in [0.25, 0.3) is 0 Å². The lowest BCUT2D eigenvalue weighted by atomic mass is 10.3. The number of aliphatic hydroxyl groups excluding tert-OH is 1. The molecule has 0 bridgehead atoms. The summed E-state index contributed by atoms with van der Waals surface area (Å²) in [5, 5.41) is 8.66. The van der Waals surface area contributed by atoms with E-state index in [1.165, 1.54) is 0 Å². The van der Waals surface area contributed by atoms with Gasteiger partial charge >= 0.3 is 0 Å². The van der Waals surface area contributed by atoms with Gasteiger partial charge in [-0.15, -0.1) is 0 Å². The van der Waals surface area contributed by atoms with Crippen molar-refractivity contribution in [3.63, 3.8) is 0 Å². The molecule has 1 aromatic carbocycles. The largest absolute Gasteiger partial charge is 0.396 e. The van der Waals surface area contributed by atoms with Gasteiger partial charge in [-0.25, -0.2) is 4.98 Å². The van der Waals surface area contributed by atoms with Crippen LogP contribution in [0.4, 0.5) is 4.70 Å². The Balaban J connectivity index is 0.000000980. The zero-order valence-electron chi connectivity index (χ0n) is 7.73. The van der Waals surface area contributed by atoms with E-state index >= 15 is 0 Å². The Morgan fingerprint density at radius 2 is 2.07 bits per heavy atom. The van der Waals surface area contributed by atoms with Gasteiger partial charge in [-0.1, -0.05) is 12.1 Å². The summed E-state index contributed by atoms with van der Waals surface area (Å²) >= 11 is 0. The number of aliphatic hydroxyl groups is 1. The number of halogens is 1. The normalized spacial score (nSPS) is 10.1. The smallest absolute Gasteiger partial charge is 0.107 e. The molecule has 0 fully saturated rings. The predicted octanol–water partition coefficient (Wildman–Crippen LogP) is 1.64. The second-order valence-electron chi connectivity index (χ2n) is 3.03. The fourth-order valence-corrected chi connectivity index (χ4v) is 1.37. The fourth-order valence-electron chi connectivity index (χ4n) is 1.37. The lowest BCUT2D eigenvalue weighted by molar-refractivity contribution is 0.287. The van der Waals surface area contributed by atoms with Crippen LogP contribution < -0.4 is 0 Å². The number of para-hydroxylation sites is 2. The van der Waals surface area contributed by atoms with Gasteiger partial charge in [0.2, 0.25) is 0 Å². The lowest BCUT2D eigenvalue weighted by Gasteiger charge is -1.90. The van der Waals surface area contributed by atoms with Crippen LogP contribution in [-0.4, -0.2) is 21.7 Å². The molecule has 2 aromatic rings. The van der Waals surface area contributed by atoms with Gasteiger partial charge in [-0.2, -0.15) is 0 Å². The van der Waals surface area contributed by atoms with E-state index in [2.05, 4.69) is 9.97 Å². The molecule has 0 aliphatic rings. The van der Waals surface area contributed by atoms with Crippen LogP contribution in [0.2, 0.25) is 0 Å². The van der Waals surface area contributed by atoms with Crippen molar-refractivity contribution in [2.45, 2.75) is 12.8 Å². The minimum atomic E-state index is 0. The number of aromatic nitrogens is 2. The van der Waals surface area contributed by atoms with E-state index in [-0.39, 0.29) is 11.3 Å². The molecule has 1 heterocycles. The van der Waals surface area contributed by atoms with Crippen LogP contribution in [0.3, 0.4) is 0 Å². The third-order valence-corrected chi connectivity index (χ3v) is 2.01. The Morgan fingerprint density at radius 3 is 2.79 bits per heavy atom. The molecule has 4 heteroatoms. The Labute approximate surface area is 81.2 Å². The number of imidazole rings is 1. The summed E-state index contributed by atoms with van der Waals surface area (Å²) in [5.74, 6) is 0.954. The third kappa shape index (κ3) is 2.09. The zero-order valence-corrected chi connectivity index (χ0v) is 7.73. The summed E-state index contributed by atoms with van der Waals surface area (Å²) in [5.41, 5.74) is 2.06. The van der Waals surface area contributed by atoms with Crippen LogP contribution in [0.15, 0.2) is 24.3 Å². The van der Waals surface area contributed by atoms with E-state index in [1.54, 1.807) is 0 Å². The topological polar surface area (TPSA) is 48.9 Å². The molecule has 0 saturated carbocycles. The molecule has 2 N–H and O–H groups in total. The van der Waals surface area contributed by atoms with Crippen molar-refractivity contribution in [2.75, 3.05) is 6.61 Å². The number of H-pyrrole nitrogens is 1. The maximum absolute atomic E-state index is 8.66. The first-order valence-corrected chi connectivity index (χ1v) is 4.44. The molecule has 1 aromatic heterocycles. The molecule has 0 unspecified atom stereocenters. The van der Waals surface area contributed by atoms with E-state index in [1.807, 2.05) is 24.3 Å². The van der Waals surface area contributed by atoms with Crippen molar-refractivity contribution < 1.29 is 9.81 Å². The Morgan fingerprint density at radius 1 is 1.29 bits per heavy atom. The Bertz CT molecular complexity index is 367. The Kier molecular flexibility index (Phi) is 3.59. The third-order valence-electron chi connectivity index (χ3n) is 2.01. The SMILES string of the molecule is F.OCCCc1nc2ccccc2[nH]1. The van der Waals surface area contributed by atoms with Gasteiger partial charge in [-0.05, 0) is 18.6 Å². The first-order valence-electron chi connectivity index (χ1n) is 4.44. The molecule has 0 spiro atoms. The van der Waals surface area contributed by atoms with Gasteiger partial charge < -0.3 is 10.1 Å². The van der Waals surface area contributed by atoms with E-state index < -0.39 is 0 Å². The monoisotopic (exact) mass is 196 g/mol. The first kappa shape index (κ1) is 10.7. The summed E-state index contributed by atoms with van der Waals surface area (Å²) in [6.45, 7) is 0.219. The van der Waals surface area contributed by atoms with E-state index in [4.69, 9.17) is 5.11 Å². The molecule has 0 amide bonds. The average molecular weight is 196 g/mol. The highest BCUT2D eigenvalue weighted by Crippen LogP contribution is 2.10. The second kappa shape index (κ2) is 4.72. The number of nitrogens with one attached hydrogen (secondary N) is 1. The molecule has 0 aliphatic heterocycles. The molecule has 0 radical (unpaired) electrons. The quantitative estimate of drug-likeness (QED) is 0.784. The minimum Gasteiger partial charge on any atom is -0.396 e. The number of hydrogen-bond acceptors (Lipinski definition) is 2. The number of nitrogens with zero attached hydrogens (tertiary/aromatic N) is 1. The van der Waals surface area contributed by atoms with Crippen LogP contribution in [-0.2, 0) is 6.42 Å². The van der Waals surface area contributed by atoms with Gasteiger partial charge in [-0.3, -0.25) is 4.70 Å². The average Bonchev–Trinajstić information content (AvgIpc) is 2.57. The van der Waals surface area contributed by atoms with Crippen LogP contribution in [0, 0.1) is 0 Å². The van der Waals surface area contributed by atoms with Gasteiger partial charge in [0.15, 0.2) is 0 Å². The standard InChI is InChI=1S/C10H12N2O.FH/c13-7-3-6-10-11-8-4-1-2-5-9(8)12-10;/h1-2,4-5,13H,3,6-7H2,(H,11,12);1H. The minimum absolute atomic E-state index is 0. The van der Waals surface area contributed by atoms with E-state index in [0.29, 0.717) is 0 Å². The van der Waals surface area contributed by atoms with Crippen LogP contribution in [0.1, 0.15) is 12.2 Å². The first-order chi connectivity index (χ1) is 6.40. The lowest BCUT2D eigenvalue weighted by Crippen LogP contribution is -1.90. The van der Waals surface area contributed by atoms with E-state index in [9.17, 15) is 0 Å². The highest BCUT2D eigenvalue weighted by Gasteiger charge is 2.00. The highest BCUT2D eigenvalue weighted by molar-refractivity contribution is 5.74.